The Labute approximate surface area is 195 Å². The molecular formula is C23H30F3N5O3. The van der Waals surface area contributed by atoms with Crippen LogP contribution < -0.4 is 10.9 Å². The average molecular weight is 482 g/mol. The maximum Gasteiger partial charge on any atom is 0.401 e. The second-order valence-corrected chi connectivity index (χ2v) is 9.68. The Morgan fingerprint density at radius 1 is 1.26 bits per heavy atom. The minimum Gasteiger partial charge on any atom is -0.492 e. The third-order valence-corrected chi connectivity index (χ3v) is 6.18. The van der Waals surface area contributed by atoms with Crippen LogP contribution in [0.5, 0.6) is 5.88 Å². The highest BCUT2D eigenvalue weighted by molar-refractivity contribution is 5.96. The molecule has 2 N–H and O–H groups in total. The smallest absolute Gasteiger partial charge is 0.401 e. The van der Waals surface area contributed by atoms with Crippen molar-refractivity contribution < 1.29 is 23.1 Å². The Balaban J connectivity index is 1.61. The van der Waals surface area contributed by atoms with Gasteiger partial charge in [-0.25, -0.2) is 0 Å². The first kappa shape index (κ1) is 24.3. The number of nitrogens with one attached hydrogen (secondary N) is 1. The summed E-state index contributed by atoms with van der Waals surface area (Å²) >= 11 is 0. The summed E-state index contributed by atoms with van der Waals surface area (Å²) in [6, 6.07) is 0.0270. The average Bonchev–Trinajstić information content (AvgIpc) is 3.45. The minimum absolute atomic E-state index is 0.0270. The quantitative estimate of drug-likeness (QED) is 0.634. The highest BCUT2D eigenvalue weighted by atomic mass is 19.4. The van der Waals surface area contributed by atoms with E-state index in [1.165, 1.54) is 20.2 Å². The number of allylic oxidation sites excluding steroid dienone is 1. The Morgan fingerprint density at radius 3 is 2.53 bits per heavy atom. The van der Waals surface area contributed by atoms with Crippen molar-refractivity contribution in [3.05, 3.63) is 33.8 Å². The van der Waals surface area contributed by atoms with Crippen molar-refractivity contribution in [1.29, 1.82) is 0 Å². The summed E-state index contributed by atoms with van der Waals surface area (Å²) in [6.45, 7) is 4.05. The molecule has 0 bridgehead atoms. The summed E-state index contributed by atoms with van der Waals surface area (Å²) in [5.74, 6) is -0.919. The monoisotopic (exact) mass is 481 g/mol. The predicted octanol–water partition coefficient (Wildman–Crippen LogP) is 3.04. The number of aromatic nitrogens is 3. The molecule has 1 saturated carbocycles. The van der Waals surface area contributed by atoms with Crippen molar-refractivity contribution in [3.63, 3.8) is 0 Å². The number of nitrogens with zero attached hydrogens (tertiary/aromatic N) is 4. The number of alkyl halides is 3. The fourth-order valence-corrected chi connectivity index (χ4v) is 4.35. The first-order chi connectivity index (χ1) is 16.0. The Hall–Kier alpha value is -2.82. The van der Waals surface area contributed by atoms with Crippen molar-refractivity contribution >= 4 is 17.6 Å². The van der Waals surface area contributed by atoms with Crippen LogP contribution in [-0.4, -0.2) is 61.9 Å². The number of carbonyl (C=O) groups is 1. The molecule has 2 aliphatic rings. The van der Waals surface area contributed by atoms with Crippen LogP contribution in [0.1, 0.15) is 55.5 Å². The number of amides is 1. The molecule has 0 spiro atoms. The molecule has 1 amide bonds. The third-order valence-electron chi connectivity index (χ3n) is 6.18. The van der Waals surface area contributed by atoms with Crippen LogP contribution in [0.15, 0.2) is 17.1 Å². The van der Waals surface area contributed by atoms with Gasteiger partial charge in [-0.1, -0.05) is 26.0 Å². The van der Waals surface area contributed by atoms with Gasteiger partial charge in [0.25, 0.3) is 11.5 Å². The van der Waals surface area contributed by atoms with E-state index in [2.05, 4.69) is 10.4 Å². The Bertz CT molecular complexity index is 1140. The second-order valence-electron chi connectivity index (χ2n) is 9.68. The van der Waals surface area contributed by atoms with Gasteiger partial charge in [-0.15, -0.1) is 0 Å². The number of carbonyl (C=O) groups excluding carboxylic acids is 1. The molecule has 8 nitrogen and oxygen atoms in total. The number of rotatable bonds is 7. The zero-order valence-electron chi connectivity index (χ0n) is 19.3. The number of halogens is 3. The molecule has 1 saturated heterocycles. The molecule has 3 heterocycles. The van der Waals surface area contributed by atoms with Gasteiger partial charge < -0.3 is 10.4 Å². The standard InChI is InChI=1S/C23H30F3N5O3/c1-14(2)12-30-20-16(4-3-15-7-9-29(10-8-15)13-23(24,25)26)11-27-31(20)22(34)18(21(30)33)19(32)28-17-5-6-17/h3-4,11,14-15,17,34H,5-10,12-13H2,1-2H3,(H,28,32)/b4-3+. The van der Waals surface area contributed by atoms with Crippen LogP contribution >= 0.6 is 0 Å². The minimum atomic E-state index is -4.20. The van der Waals surface area contributed by atoms with E-state index in [-0.39, 0.29) is 23.4 Å². The lowest BCUT2D eigenvalue weighted by Gasteiger charge is -2.31. The molecule has 2 aromatic heterocycles. The lowest BCUT2D eigenvalue weighted by molar-refractivity contribution is -0.148. The number of hydrogen-bond donors (Lipinski definition) is 2. The number of aromatic hydroxyl groups is 1. The van der Waals surface area contributed by atoms with E-state index in [9.17, 15) is 27.9 Å². The van der Waals surface area contributed by atoms with Gasteiger partial charge in [0.05, 0.1) is 12.7 Å². The molecule has 11 heteroatoms. The largest absolute Gasteiger partial charge is 0.492 e. The van der Waals surface area contributed by atoms with E-state index in [0.717, 1.165) is 12.8 Å². The van der Waals surface area contributed by atoms with Crippen molar-refractivity contribution in [3.8, 4) is 5.88 Å². The Morgan fingerprint density at radius 2 is 1.94 bits per heavy atom. The second kappa shape index (κ2) is 9.44. The van der Waals surface area contributed by atoms with Crippen LogP contribution in [0.4, 0.5) is 13.2 Å². The number of piperidine rings is 1. The summed E-state index contributed by atoms with van der Waals surface area (Å²) in [5.41, 5.74) is 0.0769. The van der Waals surface area contributed by atoms with Gasteiger partial charge in [0.2, 0.25) is 5.88 Å². The van der Waals surface area contributed by atoms with Gasteiger partial charge in [-0.3, -0.25) is 19.1 Å². The zero-order valence-corrected chi connectivity index (χ0v) is 19.3. The van der Waals surface area contributed by atoms with Crippen LogP contribution in [0.25, 0.3) is 11.7 Å². The maximum atomic E-state index is 13.3. The molecule has 2 fully saturated rings. The first-order valence-corrected chi connectivity index (χ1v) is 11.6. The number of hydrogen-bond acceptors (Lipinski definition) is 5. The fourth-order valence-electron chi connectivity index (χ4n) is 4.35. The summed E-state index contributed by atoms with van der Waals surface area (Å²) in [6.07, 6.45) is 3.94. The van der Waals surface area contributed by atoms with E-state index in [1.54, 1.807) is 6.08 Å². The molecule has 0 aromatic carbocycles. The summed E-state index contributed by atoms with van der Waals surface area (Å²) in [4.78, 5) is 27.3. The van der Waals surface area contributed by atoms with Gasteiger partial charge in [0.15, 0.2) is 5.56 Å². The molecule has 34 heavy (non-hydrogen) atoms. The van der Waals surface area contributed by atoms with Gasteiger partial charge >= 0.3 is 6.18 Å². The van der Waals surface area contributed by atoms with Crippen molar-refractivity contribution in [2.45, 2.75) is 58.3 Å². The molecule has 1 aliphatic heterocycles. The van der Waals surface area contributed by atoms with Crippen LogP contribution in [0.3, 0.4) is 0 Å². The van der Waals surface area contributed by atoms with E-state index in [4.69, 9.17) is 0 Å². The first-order valence-electron chi connectivity index (χ1n) is 11.6. The highest BCUT2D eigenvalue weighted by Gasteiger charge is 2.32. The van der Waals surface area contributed by atoms with Gasteiger partial charge in [0, 0.05) is 18.2 Å². The normalized spacial score (nSPS) is 18.4. The van der Waals surface area contributed by atoms with Crippen LogP contribution in [0, 0.1) is 11.8 Å². The third kappa shape index (κ3) is 5.45. The van der Waals surface area contributed by atoms with E-state index < -0.39 is 30.1 Å². The Kier molecular flexibility index (Phi) is 6.75. The number of likely N-dealkylation sites (tertiary alicyclic amines) is 1. The van der Waals surface area contributed by atoms with Gasteiger partial charge in [0.1, 0.15) is 5.65 Å². The lowest BCUT2D eigenvalue weighted by Crippen LogP contribution is -2.39. The molecule has 186 valence electrons. The predicted molar refractivity (Wildman–Crippen MR) is 121 cm³/mol. The SMILES string of the molecule is CC(C)Cn1c(=O)c(C(=O)NC2CC2)c(O)n2ncc(/C=C/C3CCN(CC(F)(F)F)CC3)c12. The van der Waals surface area contributed by atoms with Crippen molar-refractivity contribution in [1.82, 2.24) is 24.4 Å². The molecule has 0 radical (unpaired) electrons. The lowest BCUT2D eigenvalue weighted by atomic mass is 9.96. The molecule has 0 atom stereocenters. The van der Waals surface area contributed by atoms with Gasteiger partial charge in [-0.2, -0.15) is 22.8 Å². The van der Waals surface area contributed by atoms with Crippen molar-refractivity contribution in [2.75, 3.05) is 19.6 Å². The van der Waals surface area contributed by atoms with E-state index >= 15 is 0 Å². The zero-order chi connectivity index (χ0) is 24.6. The molecular weight excluding hydrogens is 451 g/mol. The summed E-state index contributed by atoms with van der Waals surface area (Å²) in [7, 11) is 0. The maximum absolute atomic E-state index is 13.3. The van der Waals surface area contributed by atoms with Crippen molar-refractivity contribution in [2.24, 2.45) is 11.8 Å². The summed E-state index contributed by atoms with van der Waals surface area (Å²) < 4.78 is 40.5. The molecule has 2 aromatic rings. The number of fused-ring (bicyclic) bond motifs is 1. The molecule has 1 aliphatic carbocycles. The molecule has 0 unspecified atom stereocenters. The van der Waals surface area contributed by atoms with E-state index in [0.29, 0.717) is 43.7 Å². The highest BCUT2D eigenvalue weighted by Crippen LogP contribution is 2.26. The van der Waals surface area contributed by atoms with Crippen LogP contribution in [-0.2, 0) is 6.54 Å². The topological polar surface area (TPSA) is 91.9 Å². The summed E-state index contributed by atoms with van der Waals surface area (Å²) in [5, 5.41) is 17.7. The van der Waals surface area contributed by atoms with E-state index in [1.807, 2.05) is 19.9 Å². The molecule has 4 rings (SSSR count). The van der Waals surface area contributed by atoms with Crippen LogP contribution in [0.2, 0.25) is 0 Å². The fraction of sp³-hybridized carbons (Fsp3) is 0.609. The van der Waals surface area contributed by atoms with Gasteiger partial charge in [-0.05, 0) is 50.6 Å².